The number of nitrogens with two attached hydrogens (primary N) is 1. The van der Waals surface area contributed by atoms with Crippen LogP contribution in [0.1, 0.15) is 5.76 Å². The standard InChI is InChI=1S/C10H14N2O3S2/c1-2-6-16-7-5-12-8-9-3-4-10(15-9)17(11,13)14/h1,3-4,12H,5-8H2,(H2,11,13,14). The Kier molecular flexibility index (Phi) is 5.58. The van der Waals surface area contributed by atoms with Crippen LogP contribution in [0.3, 0.4) is 0 Å². The first kappa shape index (κ1) is 14.1. The molecule has 0 bridgehead atoms. The molecule has 0 aliphatic heterocycles. The highest BCUT2D eigenvalue weighted by molar-refractivity contribution is 7.99. The molecule has 0 aliphatic carbocycles. The molecule has 0 saturated heterocycles. The van der Waals surface area contributed by atoms with Crippen molar-refractivity contribution in [3.05, 3.63) is 17.9 Å². The van der Waals surface area contributed by atoms with Crippen LogP contribution in [-0.2, 0) is 16.6 Å². The molecule has 0 aromatic carbocycles. The SMILES string of the molecule is C#CCSCCNCc1ccc(S(N)(=O)=O)o1. The van der Waals surface area contributed by atoms with Gasteiger partial charge in [-0.05, 0) is 12.1 Å². The lowest BCUT2D eigenvalue weighted by Gasteiger charge is -2.00. The number of terminal acetylenes is 1. The highest BCUT2D eigenvalue weighted by atomic mass is 32.2. The van der Waals surface area contributed by atoms with Crippen molar-refractivity contribution in [2.45, 2.75) is 11.6 Å². The number of sulfonamides is 1. The Morgan fingerprint density at radius 3 is 2.88 bits per heavy atom. The maximum absolute atomic E-state index is 10.9. The highest BCUT2D eigenvalue weighted by Crippen LogP contribution is 2.11. The topological polar surface area (TPSA) is 85.3 Å². The summed E-state index contributed by atoms with van der Waals surface area (Å²) >= 11 is 1.65. The van der Waals surface area contributed by atoms with Crippen LogP contribution < -0.4 is 10.5 Å². The van der Waals surface area contributed by atoms with Gasteiger partial charge in [0.25, 0.3) is 10.0 Å². The second kappa shape index (κ2) is 6.71. The summed E-state index contributed by atoms with van der Waals surface area (Å²) in [5.74, 6) is 4.66. The number of hydrogen-bond acceptors (Lipinski definition) is 5. The number of nitrogens with one attached hydrogen (secondary N) is 1. The van der Waals surface area contributed by atoms with Gasteiger partial charge in [-0.2, -0.15) is 0 Å². The first-order valence-electron chi connectivity index (χ1n) is 4.87. The van der Waals surface area contributed by atoms with Gasteiger partial charge in [0.05, 0.1) is 12.3 Å². The monoisotopic (exact) mass is 274 g/mol. The summed E-state index contributed by atoms with van der Waals surface area (Å²) < 4.78 is 26.9. The Morgan fingerprint density at radius 2 is 2.29 bits per heavy atom. The molecule has 7 heteroatoms. The lowest BCUT2D eigenvalue weighted by molar-refractivity contribution is 0.404. The Balaban J connectivity index is 2.29. The molecule has 1 rings (SSSR count). The molecule has 0 radical (unpaired) electrons. The fourth-order valence-electron chi connectivity index (χ4n) is 1.09. The van der Waals surface area contributed by atoms with Crippen LogP contribution in [0.4, 0.5) is 0 Å². The van der Waals surface area contributed by atoms with Crippen LogP contribution in [0.15, 0.2) is 21.6 Å². The smallest absolute Gasteiger partial charge is 0.271 e. The maximum atomic E-state index is 10.9. The zero-order chi connectivity index (χ0) is 12.7. The van der Waals surface area contributed by atoms with E-state index in [1.165, 1.54) is 6.07 Å². The third-order valence-corrected chi connectivity index (χ3v) is 3.47. The molecule has 0 aliphatic rings. The zero-order valence-electron chi connectivity index (χ0n) is 9.18. The van der Waals surface area contributed by atoms with Gasteiger partial charge in [-0.1, -0.05) is 5.92 Å². The molecule has 0 saturated carbocycles. The summed E-state index contributed by atoms with van der Waals surface area (Å²) in [6.45, 7) is 1.24. The second-order valence-corrected chi connectivity index (χ2v) is 5.80. The summed E-state index contributed by atoms with van der Waals surface area (Å²) in [5.41, 5.74) is 0. The third-order valence-electron chi connectivity index (χ3n) is 1.83. The fraction of sp³-hybridized carbons (Fsp3) is 0.400. The summed E-state index contributed by atoms with van der Waals surface area (Å²) in [4.78, 5) is 0. The minimum absolute atomic E-state index is 0.212. The van der Waals surface area contributed by atoms with Gasteiger partial charge in [-0.25, -0.2) is 13.6 Å². The van der Waals surface area contributed by atoms with E-state index in [1.807, 2.05) is 0 Å². The normalized spacial score (nSPS) is 11.3. The van der Waals surface area contributed by atoms with Crippen molar-refractivity contribution in [1.82, 2.24) is 5.32 Å². The van der Waals surface area contributed by atoms with Crippen LogP contribution >= 0.6 is 11.8 Å². The first-order valence-corrected chi connectivity index (χ1v) is 7.57. The van der Waals surface area contributed by atoms with Crippen molar-refractivity contribution in [3.63, 3.8) is 0 Å². The van der Waals surface area contributed by atoms with Gasteiger partial charge < -0.3 is 9.73 Å². The predicted molar refractivity (Wildman–Crippen MR) is 67.9 cm³/mol. The van der Waals surface area contributed by atoms with Gasteiger partial charge in [-0.15, -0.1) is 18.2 Å². The maximum Gasteiger partial charge on any atom is 0.271 e. The van der Waals surface area contributed by atoms with Crippen LogP contribution in [0.25, 0.3) is 0 Å². The van der Waals surface area contributed by atoms with Crippen LogP contribution in [0, 0.1) is 12.3 Å². The molecule has 0 unspecified atom stereocenters. The summed E-state index contributed by atoms with van der Waals surface area (Å²) in [5, 5.41) is 7.81. The third kappa shape index (κ3) is 5.28. The van der Waals surface area contributed by atoms with Crippen molar-refractivity contribution in [3.8, 4) is 12.3 Å². The summed E-state index contributed by atoms with van der Waals surface area (Å²) in [7, 11) is -3.75. The Hall–Kier alpha value is -0.940. The largest absolute Gasteiger partial charge is 0.447 e. The van der Waals surface area contributed by atoms with E-state index in [0.717, 1.165) is 12.3 Å². The Morgan fingerprint density at radius 1 is 1.53 bits per heavy atom. The van der Waals surface area contributed by atoms with Gasteiger partial charge >= 0.3 is 0 Å². The second-order valence-electron chi connectivity index (χ2n) is 3.20. The molecule has 1 aromatic rings. The molecular weight excluding hydrogens is 260 g/mol. The van der Waals surface area contributed by atoms with E-state index in [1.54, 1.807) is 17.8 Å². The number of rotatable bonds is 7. The van der Waals surface area contributed by atoms with Crippen LogP contribution in [0.2, 0.25) is 0 Å². The van der Waals surface area contributed by atoms with Crippen LogP contribution in [-0.4, -0.2) is 26.5 Å². The number of furan rings is 1. The molecule has 1 heterocycles. The molecule has 17 heavy (non-hydrogen) atoms. The summed E-state index contributed by atoms with van der Waals surface area (Å²) in [6.07, 6.45) is 5.10. The van der Waals surface area contributed by atoms with E-state index in [4.69, 9.17) is 16.0 Å². The van der Waals surface area contributed by atoms with E-state index in [9.17, 15) is 8.42 Å². The molecule has 1 aromatic heterocycles. The van der Waals surface area contributed by atoms with Gasteiger partial charge in [0.2, 0.25) is 5.09 Å². The zero-order valence-corrected chi connectivity index (χ0v) is 10.8. The van der Waals surface area contributed by atoms with Crippen molar-refractivity contribution < 1.29 is 12.8 Å². The Bertz CT molecular complexity index is 488. The van der Waals surface area contributed by atoms with Gasteiger partial charge in [0, 0.05) is 12.3 Å². The van der Waals surface area contributed by atoms with Crippen molar-refractivity contribution in [2.24, 2.45) is 5.14 Å². The number of thioether (sulfide) groups is 1. The number of hydrogen-bond donors (Lipinski definition) is 2. The van der Waals surface area contributed by atoms with E-state index >= 15 is 0 Å². The van der Waals surface area contributed by atoms with E-state index in [-0.39, 0.29) is 5.09 Å². The highest BCUT2D eigenvalue weighted by Gasteiger charge is 2.12. The summed E-state index contributed by atoms with van der Waals surface area (Å²) in [6, 6.07) is 2.93. The molecule has 3 N–H and O–H groups in total. The minimum atomic E-state index is -3.75. The average Bonchev–Trinajstić information content (AvgIpc) is 2.71. The molecule has 0 fully saturated rings. The lowest BCUT2D eigenvalue weighted by Crippen LogP contribution is -2.16. The van der Waals surface area contributed by atoms with E-state index < -0.39 is 10.0 Å². The fourth-order valence-corrected chi connectivity index (χ4v) is 2.12. The molecular formula is C10H14N2O3S2. The molecule has 0 amide bonds. The molecule has 0 atom stereocenters. The van der Waals surface area contributed by atoms with E-state index in [0.29, 0.717) is 18.1 Å². The van der Waals surface area contributed by atoms with Gasteiger partial charge in [0.1, 0.15) is 5.76 Å². The van der Waals surface area contributed by atoms with Gasteiger partial charge in [-0.3, -0.25) is 0 Å². The lowest BCUT2D eigenvalue weighted by atomic mass is 10.4. The van der Waals surface area contributed by atoms with E-state index in [2.05, 4.69) is 11.2 Å². The van der Waals surface area contributed by atoms with Gasteiger partial charge in [0.15, 0.2) is 0 Å². The molecule has 5 nitrogen and oxygen atoms in total. The molecule has 94 valence electrons. The number of primary sulfonamides is 1. The minimum Gasteiger partial charge on any atom is -0.447 e. The Labute approximate surface area is 105 Å². The van der Waals surface area contributed by atoms with Crippen molar-refractivity contribution in [1.29, 1.82) is 0 Å². The quantitative estimate of drug-likeness (QED) is 0.555. The van der Waals surface area contributed by atoms with Crippen LogP contribution in [0.5, 0.6) is 0 Å². The predicted octanol–water partition coefficient (Wildman–Crippen LogP) is 0.383. The molecule has 0 spiro atoms. The van der Waals surface area contributed by atoms with Crippen molar-refractivity contribution in [2.75, 3.05) is 18.1 Å². The first-order chi connectivity index (χ1) is 8.04. The average molecular weight is 274 g/mol. The van der Waals surface area contributed by atoms with Crippen molar-refractivity contribution >= 4 is 21.8 Å².